The van der Waals surface area contributed by atoms with Crippen LogP contribution in [0.2, 0.25) is 0 Å². The molecule has 0 saturated heterocycles. The smallest absolute Gasteiger partial charge is 0.287 e. The zero-order chi connectivity index (χ0) is 20.6. The summed E-state index contributed by atoms with van der Waals surface area (Å²) in [5, 5.41) is 2.92. The Balaban J connectivity index is 1.72. The van der Waals surface area contributed by atoms with Crippen LogP contribution in [0.4, 0.5) is 4.39 Å². The summed E-state index contributed by atoms with van der Waals surface area (Å²) in [6.45, 7) is 6.15. The molecule has 0 saturated carbocycles. The van der Waals surface area contributed by atoms with Gasteiger partial charge in [-0.1, -0.05) is 49.4 Å². The van der Waals surface area contributed by atoms with Gasteiger partial charge in [-0.05, 0) is 37.6 Å². The van der Waals surface area contributed by atoms with Crippen molar-refractivity contribution in [2.75, 3.05) is 0 Å². The molecule has 0 radical (unpaired) electrons. The third kappa shape index (κ3) is 6.29. The first kappa shape index (κ1) is 20.8. The molecule has 29 heavy (non-hydrogen) atoms. The van der Waals surface area contributed by atoms with E-state index < -0.39 is 0 Å². The van der Waals surface area contributed by atoms with E-state index in [1.165, 1.54) is 22.6 Å². The molecule has 3 aromatic rings. The van der Waals surface area contributed by atoms with Gasteiger partial charge in [0.2, 0.25) is 0 Å². The number of amides is 1. The van der Waals surface area contributed by atoms with Crippen molar-refractivity contribution in [2.24, 2.45) is 0 Å². The highest BCUT2D eigenvalue weighted by molar-refractivity contribution is 5.91. The van der Waals surface area contributed by atoms with Gasteiger partial charge in [-0.2, -0.15) is 0 Å². The minimum atomic E-state index is -0.235. The van der Waals surface area contributed by atoms with Crippen molar-refractivity contribution in [2.45, 2.75) is 45.9 Å². The Labute approximate surface area is 171 Å². The van der Waals surface area contributed by atoms with Gasteiger partial charge in [0.25, 0.3) is 5.91 Å². The molecule has 1 heterocycles. The van der Waals surface area contributed by atoms with Crippen molar-refractivity contribution in [3.8, 4) is 0 Å². The van der Waals surface area contributed by atoms with E-state index in [-0.39, 0.29) is 17.8 Å². The molecule has 1 unspecified atom stereocenters. The molecule has 0 fully saturated rings. The number of hydrogen-bond acceptors (Lipinski definition) is 2. The fourth-order valence-corrected chi connectivity index (χ4v) is 3.20. The first-order valence-corrected chi connectivity index (χ1v) is 10.0. The third-order valence-corrected chi connectivity index (χ3v) is 4.96. The molecule has 2 aromatic carbocycles. The fraction of sp³-hybridized carbons (Fsp3) is 0.292. The maximum absolute atomic E-state index is 13.3. The second kappa shape index (κ2) is 10.0. The van der Waals surface area contributed by atoms with Crippen LogP contribution in [0.5, 0.6) is 0 Å². The zero-order valence-corrected chi connectivity index (χ0v) is 17.0. The van der Waals surface area contributed by atoms with Crippen LogP contribution >= 0.6 is 0 Å². The summed E-state index contributed by atoms with van der Waals surface area (Å²) < 4.78 is 19.1. The summed E-state index contributed by atoms with van der Waals surface area (Å²) in [5.74, 6) is 0.670. The number of carbonyl (C=O) groups is 1. The Morgan fingerprint density at radius 2 is 1.62 bits per heavy atom. The second-order valence-corrected chi connectivity index (χ2v) is 7.44. The maximum Gasteiger partial charge on any atom is 0.287 e. The van der Waals surface area contributed by atoms with Gasteiger partial charge in [0, 0.05) is 17.2 Å². The monoisotopic (exact) mass is 395 g/mol. The molecule has 152 valence electrons. The van der Waals surface area contributed by atoms with Gasteiger partial charge < -0.3 is 14.6 Å². The van der Waals surface area contributed by atoms with Crippen LogP contribution in [0.3, 0.4) is 0 Å². The number of quaternary nitrogens is 1. The van der Waals surface area contributed by atoms with Crippen molar-refractivity contribution in [1.29, 1.82) is 0 Å². The Bertz CT molecular complexity index is 906. The van der Waals surface area contributed by atoms with Crippen LogP contribution in [0, 0.1) is 5.82 Å². The SMILES string of the molecule is CC[C@@H](C)NC(=O)c1ccc(C[NH+](Cc2ccccc2)Cc2ccc(F)cc2)o1. The average Bonchev–Trinajstić information content (AvgIpc) is 3.19. The van der Waals surface area contributed by atoms with Gasteiger partial charge in [-0.15, -0.1) is 0 Å². The van der Waals surface area contributed by atoms with Gasteiger partial charge >= 0.3 is 0 Å². The summed E-state index contributed by atoms with van der Waals surface area (Å²) in [7, 11) is 0. The summed E-state index contributed by atoms with van der Waals surface area (Å²) in [6, 6.07) is 20.5. The molecule has 0 spiro atoms. The minimum absolute atomic E-state index is 0.106. The van der Waals surface area contributed by atoms with Crippen molar-refractivity contribution in [3.05, 3.63) is 95.2 Å². The number of rotatable bonds is 9. The quantitative estimate of drug-likeness (QED) is 0.580. The van der Waals surface area contributed by atoms with E-state index in [1.54, 1.807) is 6.07 Å². The number of furan rings is 1. The molecule has 4 nitrogen and oxygen atoms in total. The van der Waals surface area contributed by atoms with E-state index in [0.717, 1.165) is 30.8 Å². The molecule has 0 bridgehead atoms. The van der Waals surface area contributed by atoms with E-state index in [1.807, 2.05) is 50.2 Å². The predicted octanol–water partition coefficient (Wildman–Crippen LogP) is 3.73. The topological polar surface area (TPSA) is 46.7 Å². The summed E-state index contributed by atoms with van der Waals surface area (Å²) in [5.41, 5.74) is 2.27. The molecule has 0 aliphatic carbocycles. The average molecular weight is 395 g/mol. The highest BCUT2D eigenvalue weighted by Gasteiger charge is 2.17. The fourth-order valence-electron chi connectivity index (χ4n) is 3.20. The lowest BCUT2D eigenvalue weighted by atomic mass is 10.1. The maximum atomic E-state index is 13.3. The molecule has 0 aliphatic heterocycles. The standard InChI is InChI=1S/C24H27FN2O2/c1-3-18(2)26-24(28)23-14-13-22(29-23)17-27(15-19-7-5-4-6-8-19)16-20-9-11-21(25)12-10-20/h4-14,18H,3,15-17H2,1-2H3,(H,26,28)/p+1/t18-/m1/s1. The van der Waals surface area contributed by atoms with Crippen molar-refractivity contribution < 1.29 is 18.5 Å². The Kier molecular flexibility index (Phi) is 7.19. The molecule has 3 rings (SSSR count). The molecule has 0 aliphatic rings. The van der Waals surface area contributed by atoms with Crippen LogP contribution in [-0.2, 0) is 19.6 Å². The number of benzene rings is 2. The van der Waals surface area contributed by atoms with Crippen LogP contribution < -0.4 is 10.2 Å². The lowest BCUT2D eigenvalue weighted by molar-refractivity contribution is -0.942. The molecule has 1 amide bonds. The normalized spacial score (nSPS) is 13.1. The van der Waals surface area contributed by atoms with Crippen molar-refractivity contribution >= 4 is 5.91 Å². The van der Waals surface area contributed by atoms with Crippen molar-refractivity contribution in [1.82, 2.24) is 5.32 Å². The highest BCUT2D eigenvalue weighted by atomic mass is 19.1. The van der Waals surface area contributed by atoms with E-state index in [0.29, 0.717) is 12.3 Å². The minimum Gasteiger partial charge on any atom is -0.450 e. The second-order valence-electron chi connectivity index (χ2n) is 7.44. The van der Waals surface area contributed by atoms with E-state index in [2.05, 4.69) is 17.4 Å². The molecular formula is C24H28FN2O2+. The molecule has 1 aromatic heterocycles. The number of halogens is 1. The predicted molar refractivity (Wildman–Crippen MR) is 111 cm³/mol. The zero-order valence-electron chi connectivity index (χ0n) is 17.0. The van der Waals surface area contributed by atoms with Gasteiger partial charge in [0.15, 0.2) is 11.5 Å². The summed E-state index contributed by atoms with van der Waals surface area (Å²) in [6.07, 6.45) is 0.867. The number of hydrogen-bond donors (Lipinski definition) is 2. The molecular weight excluding hydrogens is 367 g/mol. The van der Waals surface area contributed by atoms with Gasteiger partial charge in [0.1, 0.15) is 25.5 Å². The summed E-state index contributed by atoms with van der Waals surface area (Å²) >= 11 is 0. The highest BCUT2D eigenvalue weighted by Crippen LogP contribution is 2.09. The Morgan fingerprint density at radius 3 is 2.28 bits per heavy atom. The lowest BCUT2D eigenvalue weighted by Crippen LogP contribution is -3.08. The Hall–Kier alpha value is -2.92. The number of nitrogens with one attached hydrogen (secondary N) is 2. The van der Waals surface area contributed by atoms with Gasteiger partial charge in [-0.3, -0.25) is 4.79 Å². The molecule has 5 heteroatoms. The van der Waals surface area contributed by atoms with Crippen LogP contribution in [0.1, 0.15) is 47.7 Å². The van der Waals surface area contributed by atoms with Crippen LogP contribution in [-0.4, -0.2) is 11.9 Å². The van der Waals surface area contributed by atoms with Gasteiger partial charge in [-0.25, -0.2) is 4.39 Å². The summed E-state index contributed by atoms with van der Waals surface area (Å²) in [4.78, 5) is 13.5. The largest absolute Gasteiger partial charge is 0.450 e. The van der Waals surface area contributed by atoms with Crippen LogP contribution in [0.15, 0.2) is 71.1 Å². The van der Waals surface area contributed by atoms with E-state index in [9.17, 15) is 9.18 Å². The molecule has 2 N–H and O–H groups in total. The Morgan fingerprint density at radius 1 is 0.966 bits per heavy atom. The molecule has 2 atom stereocenters. The van der Waals surface area contributed by atoms with E-state index in [4.69, 9.17) is 4.42 Å². The van der Waals surface area contributed by atoms with Gasteiger partial charge in [0.05, 0.1) is 0 Å². The first-order valence-electron chi connectivity index (χ1n) is 10.0. The lowest BCUT2D eigenvalue weighted by Gasteiger charge is -2.19. The van der Waals surface area contributed by atoms with Crippen molar-refractivity contribution in [3.63, 3.8) is 0 Å². The van der Waals surface area contributed by atoms with Crippen LogP contribution in [0.25, 0.3) is 0 Å². The first-order chi connectivity index (χ1) is 14.0. The third-order valence-electron chi connectivity index (χ3n) is 4.96. The van der Waals surface area contributed by atoms with E-state index >= 15 is 0 Å². The number of carbonyl (C=O) groups excluding carboxylic acids is 1.